The molecule has 2 aromatic heterocycles. The quantitative estimate of drug-likeness (QED) is 0.633. The van der Waals surface area contributed by atoms with Crippen LogP contribution in [0.15, 0.2) is 58.4 Å². The van der Waals surface area contributed by atoms with Crippen LogP contribution in [0.25, 0.3) is 10.6 Å². The Morgan fingerprint density at radius 2 is 1.85 bits per heavy atom. The van der Waals surface area contributed by atoms with Crippen molar-refractivity contribution in [1.29, 1.82) is 0 Å². The second kappa shape index (κ2) is 7.55. The molecule has 1 fully saturated rings. The third-order valence-electron chi connectivity index (χ3n) is 4.39. The second-order valence-electron chi connectivity index (χ2n) is 6.04. The van der Waals surface area contributed by atoms with Crippen LogP contribution in [-0.2, 0) is 0 Å². The highest BCUT2D eigenvalue weighted by Crippen LogP contribution is 2.23. The van der Waals surface area contributed by atoms with E-state index in [9.17, 15) is 4.79 Å². The number of thiophene rings is 1. The molecule has 7 heteroatoms. The minimum Gasteiger partial charge on any atom is -0.352 e. The maximum Gasteiger partial charge on any atom is 0.254 e. The second-order valence-corrected chi connectivity index (χ2v) is 7.91. The van der Waals surface area contributed by atoms with Crippen LogP contribution in [0.1, 0.15) is 10.4 Å². The Hall–Kier alpha value is -2.25. The first-order valence-corrected chi connectivity index (χ1v) is 10.1. The highest BCUT2D eigenvalue weighted by molar-refractivity contribution is 9.10. The van der Waals surface area contributed by atoms with Crippen LogP contribution < -0.4 is 4.90 Å². The molecule has 0 aliphatic carbocycles. The largest absolute Gasteiger partial charge is 0.352 e. The first kappa shape index (κ1) is 17.2. The Morgan fingerprint density at radius 1 is 1.00 bits per heavy atom. The Morgan fingerprint density at radius 3 is 2.50 bits per heavy atom. The highest BCUT2D eigenvalue weighted by atomic mass is 79.9. The minimum atomic E-state index is 0.0741. The summed E-state index contributed by atoms with van der Waals surface area (Å²) in [6.45, 7) is 2.87. The van der Waals surface area contributed by atoms with Gasteiger partial charge >= 0.3 is 0 Å². The predicted molar refractivity (Wildman–Crippen MR) is 108 cm³/mol. The SMILES string of the molecule is O=C(c1cccc(Br)c1)N1CCN(c2ccc(-c3cccs3)nn2)CC1. The van der Waals surface area contributed by atoms with Gasteiger partial charge in [-0.3, -0.25) is 4.79 Å². The van der Waals surface area contributed by atoms with E-state index in [4.69, 9.17) is 0 Å². The van der Waals surface area contributed by atoms with Crippen LogP contribution in [0, 0.1) is 0 Å². The van der Waals surface area contributed by atoms with Gasteiger partial charge in [0.15, 0.2) is 5.82 Å². The third kappa shape index (κ3) is 3.64. The van der Waals surface area contributed by atoms with Gasteiger partial charge in [-0.2, -0.15) is 0 Å². The summed E-state index contributed by atoms with van der Waals surface area (Å²) in [5.74, 6) is 0.935. The van der Waals surface area contributed by atoms with Gasteiger partial charge in [-0.1, -0.05) is 28.1 Å². The first-order valence-electron chi connectivity index (χ1n) is 8.38. The van der Waals surface area contributed by atoms with Crippen molar-refractivity contribution in [1.82, 2.24) is 15.1 Å². The maximum atomic E-state index is 12.6. The topological polar surface area (TPSA) is 49.3 Å². The standard InChI is InChI=1S/C19H17BrN4OS/c20-15-4-1-3-14(13-15)19(25)24-10-8-23(9-11-24)18-7-6-16(21-22-18)17-5-2-12-26-17/h1-7,12-13H,8-11H2. The predicted octanol–water partition coefficient (Wildman–Crippen LogP) is 3.93. The molecule has 1 amide bonds. The lowest BCUT2D eigenvalue weighted by Gasteiger charge is -2.35. The lowest BCUT2D eigenvalue weighted by atomic mass is 10.2. The average molecular weight is 429 g/mol. The number of halogens is 1. The molecule has 1 saturated heterocycles. The molecule has 4 rings (SSSR count). The number of hydrogen-bond donors (Lipinski definition) is 0. The summed E-state index contributed by atoms with van der Waals surface area (Å²) in [4.78, 5) is 17.8. The van der Waals surface area contributed by atoms with Crippen LogP contribution in [0.5, 0.6) is 0 Å². The van der Waals surface area contributed by atoms with Crippen molar-refractivity contribution in [2.45, 2.75) is 0 Å². The van der Waals surface area contributed by atoms with E-state index in [1.165, 1.54) is 0 Å². The molecule has 132 valence electrons. The van der Waals surface area contributed by atoms with Crippen molar-refractivity contribution in [2.24, 2.45) is 0 Å². The van der Waals surface area contributed by atoms with Crippen LogP contribution in [0.2, 0.25) is 0 Å². The molecule has 0 spiro atoms. The van der Waals surface area contributed by atoms with Crippen molar-refractivity contribution in [3.8, 4) is 10.6 Å². The average Bonchev–Trinajstić information content (AvgIpc) is 3.23. The molecule has 1 aliphatic rings. The molecular weight excluding hydrogens is 412 g/mol. The molecule has 0 saturated carbocycles. The number of amides is 1. The van der Waals surface area contributed by atoms with E-state index in [2.05, 4.69) is 31.0 Å². The molecule has 0 unspecified atom stereocenters. The lowest BCUT2D eigenvalue weighted by molar-refractivity contribution is 0.0746. The Labute approximate surface area is 164 Å². The summed E-state index contributed by atoms with van der Waals surface area (Å²) in [5.41, 5.74) is 1.61. The molecule has 0 radical (unpaired) electrons. The molecule has 26 heavy (non-hydrogen) atoms. The molecule has 1 aromatic carbocycles. The third-order valence-corrected chi connectivity index (χ3v) is 5.77. The van der Waals surface area contributed by atoms with Crippen molar-refractivity contribution in [2.75, 3.05) is 31.1 Å². The fourth-order valence-electron chi connectivity index (χ4n) is 2.99. The number of carbonyl (C=O) groups is 1. The molecule has 1 aliphatic heterocycles. The van der Waals surface area contributed by atoms with Crippen LogP contribution in [0.3, 0.4) is 0 Å². The van der Waals surface area contributed by atoms with Gasteiger partial charge in [0.05, 0.1) is 4.88 Å². The van der Waals surface area contributed by atoms with E-state index >= 15 is 0 Å². The van der Waals surface area contributed by atoms with Gasteiger partial charge in [0.1, 0.15) is 5.69 Å². The summed E-state index contributed by atoms with van der Waals surface area (Å²) in [7, 11) is 0. The Balaban J connectivity index is 1.39. The van der Waals surface area contributed by atoms with Gasteiger partial charge < -0.3 is 9.80 Å². The van der Waals surface area contributed by atoms with E-state index in [0.717, 1.165) is 34.0 Å². The van der Waals surface area contributed by atoms with Crippen molar-refractivity contribution in [3.63, 3.8) is 0 Å². The van der Waals surface area contributed by atoms with Gasteiger partial charge in [-0.15, -0.1) is 21.5 Å². The zero-order valence-corrected chi connectivity index (χ0v) is 16.4. The monoisotopic (exact) mass is 428 g/mol. The summed E-state index contributed by atoms with van der Waals surface area (Å²) >= 11 is 5.08. The van der Waals surface area contributed by atoms with E-state index in [1.807, 2.05) is 58.8 Å². The van der Waals surface area contributed by atoms with Gasteiger partial charge in [0.25, 0.3) is 5.91 Å². The molecule has 5 nitrogen and oxygen atoms in total. The zero-order chi connectivity index (χ0) is 17.9. The van der Waals surface area contributed by atoms with Crippen LogP contribution in [0.4, 0.5) is 5.82 Å². The number of piperazine rings is 1. The van der Waals surface area contributed by atoms with Crippen LogP contribution >= 0.6 is 27.3 Å². The number of hydrogen-bond acceptors (Lipinski definition) is 5. The minimum absolute atomic E-state index is 0.0741. The Kier molecular flexibility index (Phi) is 4.99. The number of benzene rings is 1. The molecule has 0 N–H and O–H groups in total. The van der Waals surface area contributed by atoms with Gasteiger partial charge in [0, 0.05) is 36.2 Å². The summed E-state index contributed by atoms with van der Waals surface area (Å²) < 4.78 is 0.920. The Bertz CT molecular complexity index is 890. The fourth-order valence-corrected chi connectivity index (χ4v) is 4.08. The van der Waals surface area contributed by atoms with E-state index in [-0.39, 0.29) is 5.91 Å². The lowest BCUT2D eigenvalue weighted by Crippen LogP contribution is -2.49. The number of carbonyl (C=O) groups excluding carboxylic acids is 1. The van der Waals surface area contributed by atoms with Crippen LogP contribution in [-0.4, -0.2) is 47.2 Å². The van der Waals surface area contributed by atoms with E-state index in [0.29, 0.717) is 18.7 Å². The van der Waals surface area contributed by atoms with Gasteiger partial charge in [-0.05, 0) is 41.8 Å². The van der Waals surface area contributed by atoms with E-state index < -0.39 is 0 Å². The van der Waals surface area contributed by atoms with Crippen molar-refractivity contribution < 1.29 is 4.79 Å². The number of nitrogens with zero attached hydrogens (tertiary/aromatic N) is 4. The van der Waals surface area contributed by atoms with Gasteiger partial charge in [0.2, 0.25) is 0 Å². The molecule has 0 bridgehead atoms. The molecule has 3 heterocycles. The maximum absolute atomic E-state index is 12.6. The fraction of sp³-hybridized carbons (Fsp3) is 0.211. The summed E-state index contributed by atoms with van der Waals surface area (Å²) in [6.07, 6.45) is 0. The summed E-state index contributed by atoms with van der Waals surface area (Å²) in [5, 5.41) is 10.7. The smallest absolute Gasteiger partial charge is 0.254 e. The molecular formula is C19H17BrN4OS. The molecule has 0 atom stereocenters. The first-order chi connectivity index (χ1) is 12.7. The molecule has 3 aromatic rings. The highest BCUT2D eigenvalue weighted by Gasteiger charge is 2.23. The number of aromatic nitrogens is 2. The van der Waals surface area contributed by atoms with Crippen molar-refractivity contribution >= 4 is 39.0 Å². The zero-order valence-electron chi connectivity index (χ0n) is 14.0. The number of anilines is 1. The van der Waals surface area contributed by atoms with Gasteiger partial charge in [-0.25, -0.2) is 0 Å². The summed E-state index contributed by atoms with van der Waals surface area (Å²) in [6, 6.07) is 15.6. The normalized spacial score (nSPS) is 14.5. The van der Waals surface area contributed by atoms with E-state index in [1.54, 1.807) is 11.3 Å². The van der Waals surface area contributed by atoms with Crippen molar-refractivity contribution in [3.05, 3.63) is 63.9 Å². The number of rotatable bonds is 3.